The number of nitrogens with zero attached hydrogens (tertiary/aromatic N) is 3. The lowest BCUT2D eigenvalue weighted by Gasteiger charge is -2.28. The molecule has 0 saturated carbocycles. The summed E-state index contributed by atoms with van der Waals surface area (Å²) in [4.78, 5) is 19.1. The summed E-state index contributed by atoms with van der Waals surface area (Å²) in [7, 11) is 1.49. The minimum atomic E-state index is -0.553. The van der Waals surface area contributed by atoms with E-state index in [1.54, 1.807) is 18.2 Å². The minimum absolute atomic E-state index is 0.0565. The maximum absolute atomic E-state index is 13.6. The van der Waals surface area contributed by atoms with Gasteiger partial charge in [0, 0.05) is 49.0 Å². The molecule has 0 atom stereocenters. The summed E-state index contributed by atoms with van der Waals surface area (Å²) < 4.78 is 19.1. The van der Waals surface area contributed by atoms with Crippen LogP contribution in [0.1, 0.15) is 18.4 Å². The van der Waals surface area contributed by atoms with Crippen LogP contribution in [0.2, 0.25) is 5.02 Å². The van der Waals surface area contributed by atoms with Gasteiger partial charge in [-0.3, -0.25) is 14.7 Å². The molecule has 186 valence electrons. The molecule has 36 heavy (non-hydrogen) atoms. The summed E-state index contributed by atoms with van der Waals surface area (Å²) in [5, 5.41) is 25.7. The fourth-order valence-corrected chi connectivity index (χ4v) is 4.19. The molecule has 0 unspecified atom stereocenters. The summed E-state index contributed by atoms with van der Waals surface area (Å²) in [6.45, 7) is 2.18. The molecule has 1 fully saturated rings. The topological polar surface area (TPSA) is 111 Å². The first-order chi connectivity index (χ1) is 17.4. The van der Waals surface area contributed by atoms with E-state index in [9.17, 15) is 19.6 Å². The van der Waals surface area contributed by atoms with Crippen LogP contribution in [0.4, 0.5) is 21.5 Å². The van der Waals surface area contributed by atoms with Crippen molar-refractivity contribution in [1.82, 2.24) is 9.88 Å². The Morgan fingerprint density at radius 1 is 1.36 bits per heavy atom. The fraction of sp³-hybridized carbons (Fsp3) is 0.269. The molecule has 0 bridgehead atoms. The first-order valence-electron chi connectivity index (χ1n) is 11.4. The van der Waals surface area contributed by atoms with E-state index in [2.05, 4.69) is 26.6 Å². The zero-order valence-corrected chi connectivity index (χ0v) is 20.3. The number of nitrogens with one attached hydrogen (secondary N) is 2. The number of aromatic nitrogens is 1. The number of aliphatic hydroxyl groups is 1. The predicted octanol–water partition coefficient (Wildman–Crippen LogP) is 4.60. The Morgan fingerprint density at radius 2 is 2.14 bits per heavy atom. The molecule has 1 aliphatic rings. The van der Waals surface area contributed by atoms with Crippen LogP contribution in [0.25, 0.3) is 10.9 Å². The van der Waals surface area contributed by atoms with Gasteiger partial charge in [-0.2, -0.15) is 5.26 Å². The lowest BCUT2D eigenvalue weighted by Crippen LogP contribution is -2.35. The Morgan fingerprint density at radius 3 is 2.83 bits per heavy atom. The normalized spacial score (nSPS) is 14.6. The van der Waals surface area contributed by atoms with Gasteiger partial charge in [0.25, 0.3) is 0 Å². The summed E-state index contributed by atoms with van der Waals surface area (Å²) in [5.74, 6) is -0.487. The highest BCUT2D eigenvalue weighted by atomic mass is 35.5. The third kappa shape index (κ3) is 5.91. The number of anilines is 3. The molecule has 2 aromatic carbocycles. The van der Waals surface area contributed by atoms with Gasteiger partial charge in [-0.25, -0.2) is 4.39 Å². The molecule has 1 saturated heterocycles. The molecule has 0 aliphatic carbocycles. The molecule has 2 heterocycles. The van der Waals surface area contributed by atoms with Gasteiger partial charge >= 0.3 is 0 Å². The smallest absolute Gasteiger partial charge is 0.248 e. The number of likely N-dealkylation sites (tertiary alicyclic amines) is 1. The van der Waals surface area contributed by atoms with E-state index in [-0.39, 0.29) is 22.6 Å². The summed E-state index contributed by atoms with van der Waals surface area (Å²) in [6.07, 6.45) is 5.88. The number of benzene rings is 2. The molecular formula is C26H25ClFN5O3. The molecule has 0 spiro atoms. The van der Waals surface area contributed by atoms with Gasteiger partial charge in [0.15, 0.2) is 0 Å². The number of nitriles is 1. The van der Waals surface area contributed by atoms with Crippen molar-refractivity contribution in [2.24, 2.45) is 0 Å². The molecule has 8 nitrogen and oxygen atoms in total. The van der Waals surface area contributed by atoms with E-state index in [1.165, 1.54) is 37.6 Å². The third-order valence-electron chi connectivity index (χ3n) is 5.95. The van der Waals surface area contributed by atoms with Crippen molar-refractivity contribution < 1.29 is 19.0 Å². The number of methoxy groups -OCH3 is 1. The van der Waals surface area contributed by atoms with Gasteiger partial charge in [0.2, 0.25) is 5.91 Å². The molecule has 3 aromatic rings. The third-order valence-corrected chi connectivity index (χ3v) is 6.24. The molecule has 1 amide bonds. The number of hydrogen-bond donors (Lipinski definition) is 3. The lowest BCUT2D eigenvalue weighted by atomic mass is 10.1. The van der Waals surface area contributed by atoms with Crippen LogP contribution in [0.3, 0.4) is 0 Å². The van der Waals surface area contributed by atoms with Crippen molar-refractivity contribution in [3.63, 3.8) is 0 Å². The molecule has 3 N–H and O–H groups in total. The van der Waals surface area contributed by atoms with E-state index < -0.39 is 5.82 Å². The van der Waals surface area contributed by atoms with Crippen molar-refractivity contribution in [2.45, 2.75) is 18.9 Å². The number of aliphatic hydroxyl groups excluding tert-OH is 1. The van der Waals surface area contributed by atoms with Crippen LogP contribution >= 0.6 is 11.6 Å². The van der Waals surface area contributed by atoms with Crippen LogP contribution in [-0.2, 0) is 4.79 Å². The Balaban J connectivity index is 1.60. The number of rotatable bonds is 7. The standard InChI is InChI=1S/C26H25ClFN5O3/c1-36-24-13-22-19(12-23(24)32-25(35)3-2-8-33-9-6-18(34)7-10-33)26(16(14-29)15-30-22)31-17-4-5-21(28)20(27)11-17/h2-5,11-13,15,18,34H,6-10H2,1H3,(H,30,31)(H,32,35). The van der Waals surface area contributed by atoms with Crippen LogP contribution < -0.4 is 15.4 Å². The van der Waals surface area contributed by atoms with Crippen molar-refractivity contribution in [1.29, 1.82) is 5.26 Å². The number of carbonyl (C=O) groups is 1. The number of pyridine rings is 1. The first kappa shape index (κ1) is 25.4. The summed E-state index contributed by atoms with van der Waals surface area (Å²) in [6, 6.07) is 9.60. The van der Waals surface area contributed by atoms with E-state index in [1.807, 2.05) is 0 Å². The summed E-state index contributed by atoms with van der Waals surface area (Å²) in [5.41, 5.74) is 2.11. The van der Waals surface area contributed by atoms with Gasteiger partial charge in [-0.15, -0.1) is 0 Å². The minimum Gasteiger partial charge on any atom is -0.494 e. The number of amides is 1. The Kier molecular flexibility index (Phi) is 8.00. The zero-order valence-electron chi connectivity index (χ0n) is 19.6. The number of ether oxygens (including phenoxy) is 1. The maximum Gasteiger partial charge on any atom is 0.248 e. The van der Waals surface area contributed by atoms with Gasteiger partial charge in [0.1, 0.15) is 17.6 Å². The Hall–Kier alpha value is -3.71. The van der Waals surface area contributed by atoms with Crippen molar-refractivity contribution >= 4 is 45.5 Å². The highest BCUT2D eigenvalue weighted by Gasteiger charge is 2.17. The van der Waals surface area contributed by atoms with Crippen molar-refractivity contribution in [3.8, 4) is 11.8 Å². The SMILES string of the molecule is COc1cc2ncc(C#N)c(Nc3ccc(F)c(Cl)c3)c2cc1NC(=O)C=CCN1CCC(O)CC1. The van der Waals surface area contributed by atoms with Crippen LogP contribution in [0, 0.1) is 17.1 Å². The molecule has 0 radical (unpaired) electrons. The second-order valence-electron chi connectivity index (χ2n) is 8.41. The van der Waals surface area contributed by atoms with Crippen LogP contribution in [0.15, 0.2) is 48.7 Å². The van der Waals surface area contributed by atoms with Crippen LogP contribution in [-0.4, -0.2) is 53.7 Å². The van der Waals surface area contributed by atoms with Gasteiger partial charge in [0.05, 0.1) is 40.7 Å². The zero-order chi connectivity index (χ0) is 25.7. The largest absolute Gasteiger partial charge is 0.494 e. The Bertz CT molecular complexity index is 1350. The molecule has 4 rings (SSSR count). The van der Waals surface area contributed by atoms with Gasteiger partial charge in [-0.05, 0) is 37.1 Å². The first-order valence-corrected chi connectivity index (χ1v) is 11.8. The van der Waals surface area contributed by atoms with E-state index in [4.69, 9.17) is 16.3 Å². The highest BCUT2D eigenvalue weighted by molar-refractivity contribution is 6.31. The molecule has 1 aromatic heterocycles. The van der Waals surface area contributed by atoms with Crippen LogP contribution in [0.5, 0.6) is 5.75 Å². The summed E-state index contributed by atoms with van der Waals surface area (Å²) >= 11 is 5.91. The number of halogens is 2. The Labute approximate surface area is 212 Å². The molecule has 10 heteroatoms. The van der Waals surface area contributed by atoms with E-state index >= 15 is 0 Å². The predicted molar refractivity (Wildman–Crippen MR) is 137 cm³/mol. The number of fused-ring (bicyclic) bond motifs is 1. The maximum atomic E-state index is 13.6. The quantitative estimate of drug-likeness (QED) is 0.399. The average molecular weight is 510 g/mol. The van der Waals surface area contributed by atoms with E-state index in [0.717, 1.165) is 25.9 Å². The monoisotopic (exact) mass is 509 g/mol. The van der Waals surface area contributed by atoms with Gasteiger partial charge in [-0.1, -0.05) is 17.7 Å². The van der Waals surface area contributed by atoms with Crippen molar-refractivity contribution in [3.05, 3.63) is 65.1 Å². The number of carbonyl (C=O) groups excluding carboxylic acids is 1. The second-order valence-corrected chi connectivity index (χ2v) is 8.81. The van der Waals surface area contributed by atoms with Gasteiger partial charge < -0.3 is 20.5 Å². The van der Waals surface area contributed by atoms with Crippen molar-refractivity contribution in [2.75, 3.05) is 37.4 Å². The molecular weight excluding hydrogens is 485 g/mol. The van der Waals surface area contributed by atoms with E-state index in [0.29, 0.717) is 40.3 Å². The lowest BCUT2D eigenvalue weighted by molar-refractivity contribution is -0.111. The second kappa shape index (κ2) is 11.4. The number of piperidine rings is 1. The average Bonchev–Trinajstić information content (AvgIpc) is 2.87. The fourth-order valence-electron chi connectivity index (χ4n) is 4.01. The number of hydrogen-bond acceptors (Lipinski definition) is 7. The molecule has 1 aliphatic heterocycles. The highest BCUT2D eigenvalue weighted by Crippen LogP contribution is 2.36.